The number of carbonyl (C=O) groups excluding carboxylic acids is 2. The Hall–Kier alpha value is -3.60. The van der Waals surface area contributed by atoms with Crippen LogP contribution in [0.5, 0.6) is 0 Å². The fourth-order valence-electron chi connectivity index (χ4n) is 3.42. The maximum Gasteiger partial charge on any atom is 0.410 e. The molecule has 1 fully saturated rings. The van der Waals surface area contributed by atoms with Crippen molar-refractivity contribution in [3.05, 3.63) is 65.7 Å². The van der Waals surface area contributed by atoms with Crippen LogP contribution in [0.1, 0.15) is 31.9 Å². The van der Waals surface area contributed by atoms with Gasteiger partial charge >= 0.3 is 12.2 Å². The number of hydrazone groups is 1. The minimum absolute atomic E-state index is 0.0582. The van der Waals surface area contributed by atoms with E-state index in [2.05, 4.69) is 9.93 Å². The predicted octanol–water partition coefficient (Wildman–Crippen LogP) is 3.52. The molecule has 1 unspecified atom stereocenters. The maximum absolute atomic E-state index is 12.8. The lowest BCUT2D eigenvalue weighted by Crippen LogP contribution is -2.58. The number of aryl methyl sites for hydroxylation is 1. The summed E-state index contributed by atoms with van der Waals surface area (Å²) in [6, 6.07) is 14.9. The van der Waals surface area contributed by atoms with Crippen LogP contribution in [0, 0.1) is 6.92 Å². The van der Waals surface area contributed by atoms with Gasteiger partial charge in [-0.2, -0.15) is 13.5 Å². The number of sulfonamides is 1. The van der Waals surface area contributed by atoms with Crippen molar-refractivity contribution in [1.82, 2.24) is 14.6 Å². The standard InChI is InChI=1S/C25H32N4O6S/c1-19-10-12-22(13-11-19)36(32,33)27-26-16-21-17-28(14-15-29(21)24(31)35-25(2,3)4)23(30)34-18-20-8-6-5-7-9-20/h5-13,16,21,27H,14-15,17-18H2,1-4H3/b26-16+. The number of amides is 2. The summed E-state index contributed by atoms with van der Waals surface area (Å²) in [6.07, 6.45) is 0.158. The molecule has 36 heavy (non-hydrogen) atoms. The molecule has 2 aromatic rings. The van der Waals surface area contributed by atoms with Gasteiger partial charge in [0.1, 0.15) is 12.2 Å². The van der Waals surface area contributed by atoms with Crippen molar-refractivity contribution in [1.29, 1.82) is 0 Å². The Morgan fingerprint density at radius 1 is 1.06 bits per heavy atom. The van der Waals surface area contributed by atoms with Gasteiger partial charge in [0, 0.05) is 25.8 Å². The second-order valence-corrected chi connectivity index (χ2v) is 11.1. The van der Waals surface area contributed by atoms with Gasteiger partial charge in [-0.1, -0.05) is 48.0 Å². The van der Waals surface area contributed by atoms with Crippen molar-refractivity contribution in [2.75, 3.05) is 19.6 Å². The lowest BCUT2D eigenvalue weighted by molar-refractivity contribution is 0.00639. The number of hydrogen-bond acceptors (Lipinski definition) is 7. The predicted molar refractivity (Wildman–Crippen MR) is 135 cm³/mol. The zero-order valence-electron chi connectivity index (χ0n) is 20.9. The molecule has 0 aromatic heterocycles. The van der Waals surface area contributed by atoms with Gasteiger partial charge in [0.05, 0.1) is 10.9 Å². The van der Waals surface area contributed by atoms with Gasteiger partial charge in [0.2, 0.25) is 0 Å². The molecule has 1 N–H and O–H groups in total. The van der Waals surface area contributed by atoms with E-state index >= 15 is 0 Å². The van der Waals surface area contributed by atoms with Crippen LogP contribution in [0.25, 0.3) is 0 Å². The van der Waals surface area contributed by atoms with Crippen molar-refractivity contribution in [2.45, 2.75) is 50.8 Å². The third-order valence-electron chi connectivity index (χ3n) is 5.26. The van der Waals surface area contributed by atoms with Crippen LogP contribution in [-0.4, -0.2) is 67.9 Å². The minimum Gasteiger partial charge on any atom is -0.445 e. The summed E-state index contributed by atoms with van der Waals surface area (Å²) >= 11 is 0. The summed E-state index contributed by atoms with van der Waals surface area (Å²) in [6.45, 7) is 7.67. The summed E-state index contributed by atoms with van der Waals surface area (Å²) in [5.74, 6) is 0. The van der Waals surface area contributed by atoms with E-state index in [1.165, 1.54) is 28.1 Å². The van der Waals surface area contributed by atoms with Gasteiger partial charge < -0.3 is 14.4 Å². The lowest BCUT2D eigenvalue weighted by Gasteiger charge is -2.39. The quantitative estimate of drug-likeness (QED) is 0.464. The van der Waals surface area contributed by atoms with Crippen LogP contribution in [0.2, 0.25) is 0 Å². The van der Waals surface area contributed by atoms with Crippen molar-refractivity contribution < 1.29 is 27.5 Å². The Morgan fingerprint density at radius 3 is 2.36 bits per heavy atom. The zero-order chi connectivity index (χ0) is 26.3. The van der Waals surface area contributed by atoms with E-state index in [4.69, 9.17) is 9.47 Å². The van der Waals surface area contributed by atoms with Crippen LogP contribution in [0.15, 0.2) is 64.6 Å². The fraction of sp³-hybridized carbons (Fsp3) is 0.400. The summed E-state index contributed by atoms with van der Waals surface area (Å²) in [7, 11) is -3.90. The first-order chi connectivity index (χ1) is 16.9. The van der Waals surface area contributed by atoms with Gasteiger partial charge in [-0.05, 0) is 45.4 Å². The summed E-state index contributed by atoms with van der Waals surface area (Å²) < 4.78 is 36.0. The molecule has 2 amide bonds. The average Bonchev–Trinajstić information content (AvgIpc) is 2.82. The summed E-state index contributed by atoms with van der Waals surface area (Å²) in [4.78, 5) is 30.6. The smallest absolute Gasteiger partial charge is 0.410 e. The van der Waals surface area contributed by atoms with Gasteiger partial charge in [-0.25, -0.2) is 14.4 Å². The third kappa shape index (κ3) is 7.70. The van der Waals surface area contributed by atoms with Gasteiger partial charge in [-0.15, -0.1) is 0 Å². The molecule has 10 nitrogen and oxygen atoms in total. The van der Waals surface area contributed by atoms with E-state index in [9.17, 15) is 18.0 Å². The maximum atomic E-state index is 12.8. The Balaban J connectivity index is 1.71. The first-order valence-corrected chi connectivity index (χ1v) is 13.0. The van der Waals surface area contributed by atoms with Crippen LogP contribution in [0.3, 0.4) is 0 Å². The molecule has 1 atom stereocenters. The van der Waals surface area contributed by atoms with E-state index in [-0.39, 0.29) is 31.1 Å². The highest BCUT2D eigenvalue weighted by Crippen LogP contribution is 2.17. The number of nitrogens with zero attached hydrogens (tertiary/aromatic N) is 3. The highest BCUT2D eigenvalue weighted by atomic mass is 32.2. The van der Waals surface area contributed by atoms with Crippen LogP contribution >= 0.6 is 0 Å². The normalized spacial score (nSPS) is 16.6. The van der Waals surface area contributed by atoms with Crippen molar-refractivity contribution >= 4 is 28.4 Å². The monoisotopic (exact) mass is 516 g/mol. The molecule has 1 aliphatic rings. The number of hydrogen-bond donors (Lipinski definition) is 1. The molecule has 2 aromatic carbocycles. The molecule has 0 aliphatic carbocycles. The van der Waals surface area contributed by atoms with Gasteiger partial charge in [-0.3, -0.25) is 4.90 Å². The van der Waals surface area contributed by atoms with Gasteiger partial charge in [0.15, 0.2) is 0 Å². The topological polar surface area (TPSA) is 118 Å². The van der Waals surface area contributed by atoms with Crippen molar-refractivity contribution in [3.63, 3.8) is 0 Å². The van der Waals surface area contributed by atoms with Crippen LogP contribution in [0.4, 0.5) is 9.59 Å². The second kappa shape index (κ2) is 11.4. The fourth-order valence-corrected chi connectivity index (χ4v) is 4.22. The molecule has 1 saturated heterocycles. The van der Waals surface area contributed by atoms with Gasteiger partial charge in [0.25, 0.3) is 10.0 Å². The minimum atomic E-state index is -3.90. The number of rotatable bonds is 6. The molecule has 11 heteroatoms. The molecule has 0 spiro atoms. The Bertz CT molecular complexity index is 1180. The Morgan fingerprint density at radius 2 is 1.72 bits per heavy atom. The molecule has 1 aliphatic heterocycles. The Kier molecular flexibility index (Phi) is 8.57. The van der Waals surface area contributed by atoms with Crippen LogP contribution < -0.4 is 4.83 Å². The Labute approximate surface area is 211 Å². The SMILES string of the molecule is Cc1ccc(S(=O)(=O)N/N=C/C2CN(C(=O)OCc3ccccc3)CCN2C(=O)OC(C)(C)C)cc1. The van der Waals surface area contributed by atoms with E-state index in [1.54, 1.807) is 32.9 Å². The average molecular weight is 517 g/mol. The third-order valence-corrected chi connectivity index (χ3v) is 6.50. The number of benzene rings is 2. The molecular weight excluding hydrogens is 484 g/mol. The number of carbonyl (C=O) groups is 2. The summed E-state index contributed by atoms with van der Waals surface area (Å²) in [5, 5.41) is 3.89. The lowest BCUT2D eigenvalue weighted by atomic mass is 10.2. The molecular formula is C25H32N4O6S. The molecule has 0 bridgehead atoms. The van der Waals surface area contributed by atoms with E-state index in [0.29, 0.717) is 0 Å². The molecule has 0 saturated carbocycles. The molecule has 0 radical (unpaired) electrons. The largest absolute Gasteiger partial charge is 0.445 e. The zero-order valence-corrected chi connectivity index (χ0v) is 21.7. The molecule has 3 rings (SSSR count). The van der Waals surface area contributed by atoms with E-state index < -0.39 is 33.9 Å². The summed E-state index contributed by atoms with van der Waals surface area (Å²) in [5.41, 5.74) is 1.05. The van der Waals surface area contributed by atoms with Crippen LogP contribution in [-0.2, 0) is 26.1 Å². The molecule has 1 heterocycles. The number of ether oxygens (including phenoxy) is 2. The van der Waals surface area contributed by atoms with E-state index in [0.717, 1.165) is 11.1 Å². The van der Waals surface area contributed by atoms with E-state index in [1.807, 2.05) is 37.3 Å². The second-order valence-electron chi connectivity index (χ2n) is 9.41. The first-order valence-electron chi connectivity index (χ1n) is 11.5. The highest BCUT2D eigenvalue weighted by molar-refractivity contribution is 7.89. The first kappa shape index (κ1) is 27.0. The van der Waals surface area contributed by atoms with Crippen molar-refractivity contribution in [3.8, 4) is 0 Å². The molecule has 194 valence electrons. The van der Waals surface area contributed by atoms with Crippen molar-refractivity contribution in [2.24, 2.45) is 5.10 Å². The highest BCUT2D eigenvalue weighted by Gasteiger charge is 2.35. The number of nitrogens with one attached hydrogen (secondary N) is 1. The number of piperazine rings is 1.